The molecule has 0 amide bonds. The Labute approximate surface area is 73.8 Å². The summed E-state index contributed by atoms with van der Waals surface area (Å²) in [6.07, 6.45) is -0.150. The predicted molar refractivity (Wildman–Crippen MR) is 42.4 cm³/mol. The van der Waals surface area contributed by atoms with E-state index in [2.05, 4.69) is 0 Å². The zero-order valence-electron chi connectivity index (χ0n) is 6.76. The first kappa shape index (κ1) is 9.80. The van der Waals surface area contributed by atoms with Crippen molar-refractivity contribution in [2.24, 2.45) is 0 Å². The lowest BCUT2D eigenvalue weighted by Crippen LogP contribution is -2.04. The van der Waals surface area contributed by atoms with Crippen LogP contribution in [0.3, 0.4) is 0 Å². The Morgan fingerprint density at radius 2 is 2.08 bits per heavy atom. The lowest BCUT2D eigenvalue weighted by Gasteiger charge is -2.00. The fourth-order valence-electron chi connectivity index (χ4n) is 0.952. The standard InChI is InChI=1S/C9H8F2O2/c10-6-1-2-7(8(11)5-6)9(13)3-4-12/h1-2,5,12H,3-4H2. The van der Waals surface area contributed by atoms with E-state index in [-0.39, 0.29) is 18.6 Å². The molecule has 0 spiro atoms. The summed E-state index contributed by atoms with van der Waals surface area (Å²) in [6.45, 7) is -0.338. The average molecular weight is 186 g/mol. The molecule has 4 heteroatoms. The molecular formula is C9H8F2O2. The number of benzene rings is 1. The van der Waals surface area contributed by atoms with Gasteiger partial charge in [0.1, 0.15) is 11.6 Å². The van der Waals surface area contributed by atoms with Crippen LogP contribution in [-0.2, 0) is 0 Å². The molecule has 0 aliphatic carbocycles. The Kier molecular flexibility index (Phi) is 3.08. The molecule has 0 aliphatic heterocycles. The number of hydrogen-bond acceptors (Lipinski definition) is 2. The smallest absolute Gasteiger partial charge is 0.168 e. The zero-order valence-corrected chi connectivity index (χ0v) is 6.76. The minimum Gasteiger partial charge on any atom is -0.396 e. The van der Waals surface area contributed by atoms with E-state index in [4.69, 9.17) is 5.11 Å². The zero-order chi connectivity index (χ0) is 9.84. The molecule has 0 radical (unpaired) electrons. The lowest BCUT2D eigenvalue weighted by atomic mass is 10.1. The molecule has 0 saturated carbocycles. The number of halogens is 2. The van der Waals surface area contributed by atoms with Crippen molar-refractivity contribution in [2.75, 3.05) is 6.61 Å². The van der Waals surface area contributed by atoms with Gasteiger partial charge in [-0.15, -0.1) is 0 Å². The second-order valence-corrected chi connectivity index (χ2v) is 2.52. The largest absolute Gasteiger partial charge is 0.396 e. The van der Waals surface area contributed by atoms with E-state index in [1.807, 2.05) is 0 Å². The summed E-state index contributed by atoms with van der Waals surface area (Å²) in [5.74, 6) is -2.14. The van der Waals surface area contributed by atoms with Crippen LogP contribution < -0.4 is 0 Å². The first-order valence-corrected chi connectivity index (χ1v) is 3.74. The van der Waals surface area contributed by atoms with Gasteiger partial charge in [0.25, 0.3) is 0 Å². The van der Waals surface area contributed by atoms with Crippen molar-refractivity contribution >= 4 is 5.78 Å². The molecule has 0 atom stereocenters. The van der Waals surface area contributed by atoms with Gasteiger partial charge in [-0.1, -0.05) is 0 Å². The van der Waals surface area contributed by atoms with Gasteiger partial charge in [-0.2, -0.15) is 0 Å². The van der Waals surface area contributed by atoms with Crippen LogP contribution >= 0.6 is 0 Å². The van der Waals surface area contributed by atoms with Crippen molar-refractivity contribution in [3.8, 4) is 0 Å². The molecule has 1 aromatic rings. The quantitative estimate of drug-likeness (QED) is 0.727. The molecule has 1 rings (SSSR count). The normalized spacial score (nSPS) is 10.1. The summed E-state index contributed by atoms with van der Waals surface area (Å²) in [7, 11) is 0. The van der Waals surface area contributed by atoms with Crippen molar-refractivity contribution in [3.63, 3.8) is 0 Å². The minimum atomic E-state index is -0.890. The average Bonchev–Trinajstić information content (AvgIpc) is 2.04. The van der Waals surface area contributed by atoms with E-state index in [0.717, 1.165) is 12.1 Å². The van der Waals surface area contributed by atoms with Gasteiger partial charge in [0, 0.05) is 12.5 Å². The number of carbonyl (C=O) groups is 1. The van der Waals surface area contributed by atoms with E-state index >= 15 is 0 Å². The molecule has 0 aliphatic rings. The van der Waals surface area contributed by atoms with Crippen LogP contribution in [0.4, 0.5) is 8.78 Å². The Balaban J connectivity index is 2.95. The molecule has 0 saturated heterocycles. The third-order valence-electron chi connectivity index (χ3n) is 1.57. The third kappa shape index (κ3) is 2.32. The molecule has 13 heavy (non-hydrogen) atoms. The van der Waals surface area contributed by atoms with Crippen LogP contribution in [0.25, 0.3) is 0 Å². The van der Waals surface area contributed by atoms with E-state index in [9.17, 15) is 13.6 Å². The Bertz CT molecular complexity index is 323. The van der Waals surface area contributed by atoms with Crippen LogP contribution in [-0.4, -0.2) is 17.5 Å². The molecule has 70 valence electrons. The second kappa shape index (κ2) is 4.09. The Morgan fingerprint density at radius 3 is 2.62 bits per heavy atom. The Hall–Kier alpha value is -1.29. The van der Waals surface area contributed by atoms with Crippen molar-refractivity contribution < 1.29 is 18.7 Å². The van der Waals surface area contributed by atoms with Gasteiger partial charge in [-0.3, -0.25) is 4.79 Å². The van der Waals surface area contributed by atoms with Gasteiger partial charge < -0.3 is 5.11 Å². The van der Waals surface area contributed by atoms with Crippen LogP contribution in [0.1, 0.15) is 16.8 Å². The number of Topliss-reactive ketones (excluding diaryl/α,β-unsaturated/α-hetero) is 1. The summed E-state index contributed by atoms with van der Waals surface area (Å²) in [5.41, 5.74) is -0.185. The highest BCUT2D eigenvalue weighted by molar-refractivity contribution is 5.96. The first-order chi connectivity index (χ1) is 6.15. The molecule has 1 N–H and O–H groups in total. The van der Waals surface area contributed by atoms with Gasteiger partial charge in [0.2, 0.25) is 0 Å². The maximum absolute atomic E-state index is 12.9. The fraction of sp³-hybridized carbons (Fsp3) is 0.222. The summed E-state index contributed by atoms with van der Waals surface area (Å²) in [4.78, 5) is 11.1. The molecule has 2 nitrogen and oxygen atoms in total. The lowest BCUT2D eigenvalue weighted by molar-refractivity contribution is 0.0952. The van der Waals surface area contributed by atoms with Crippen molar-refractivity contribution in [3.05, 3.63) is 35.4 Å². The van der Waals surface area contributed by atoms with Gasteiger partial charge in [-0.05, 0) is 12.1 Å². The number of rotatable bonds is 3. The van der Waals surface area contributed by atoms with E-state index < -0.39 is 17.4 Å². The van der Waals surface area contributed by atoms with Gasteiger partial charge in [-0.25, -0.2) is 8.78 Å². The molecule has 0 fully saturated rings. The molecule has 0 heterocycles. The second-order valence-electron chi connectivity index (χ2n) is 2.52. The fourth-order valence-corrected chi connectivity index (χ4v) is 0.952. The highest BCUT2D eigenvalue weighted by Gasteiger charge is 2.11. The van der Waals surface area contributed by atoms with Crippen LogP contribution in [0.5, 0.6) is 0 Å². The SMILES string of the molecule is O=C(CCO)c1ccc(F)cc1F. The summed E-state index contributed by atoms with van der Waals surface area (Å²) in [5, 5.41) is 8.43. The monoisotopic (exact) mass is 186 g/mol. The molecule has 0 aromatic heterocycles. The first-order valence-electron chi connectivity index (χ1n) is 3.74. The van der Waals surface area contributed by atoms with Crippen molar-refractivity contribution in [1.82, 2.24) is 0 Å². The third-order valence-corrected chi connectivity index (χ3v) is 1.57. The number of carbonyl (C=O) groups excluding carboxylic acids is 1. The highest BCUT2D eigenvalue weighted by Crippen LogP contribution is 2.11. The number of aliphatic hydroxyl groups is 1. The predicted octanol–water partition coefficient (Wildman–Crippen LogP) is 1.53. The molecule has 0 unspecified atom stereocenters. The van der Waals surface area contributed by atoms with Crippen molar-refractivity contribution in [1.29, 1.82) is 0 Å². The maximum Gasteiger partial charge on any atom is 0.168 e. The molecule has 0 bridgehead atoms. The topological polar surface area (TPSA) is 37.3 Å². The Morgan fingerprint density at radius 1 is 1.38 bits per heavy atom. The van der Waals surface area contributed by atoms with Crippen LogP contribution in [0.2, 0.25) is 0 Å². The summed E-state index contributed by atoms with van der Waals surface area (Å²) in [6, 6.07) is 2.72. The van der Waals surface area contributed by atoms with E-state index in [1.54, 1.807) is 0 Å². The maximum atomic E-state index is 12.9. The van der Waals surface area contributed by atoms with Crippen LogP contribution in [0.15, 0.2) is 18.2 Å². The molecule has 1 aromatic carbocycles. The molecular weight excluding hydrogens is 178 g/mol. The van der Waals surface area contributed by atoms with Gasteiger partial charge in [0.15, 0.2) is 5.78 Å². The number of ketones is 1. The van der Waals surface area contributed by atoms with Gasteiger partial charge >= 0.3 is 0 Å². The van der Waals surface area contributed by atoms with E-state index in [0.29, 0.717) is 6.07 Å². The van der Waals surface area contributed by atoms with E-state index in [1.165, 1.54) is 0 Å². The van der Waals surface area contributed by atoms with Crippen LogP contribution in [0, 0.1) is 11.6 Å². The number of aliphatic hydroxyl groups excluding tert-OH is 1. The summed E-state index contributed by atoms with van der Waals surface area (Å²) >= 11 is 0. The minimum absolute atomic E-state index is 0.150. The number of hydrogen-bond donors (Lipinski definition) is 1. The summed E-state index contributed by atoms with van der Waals surface area (Å²) < 4.78 is 25.3. The highest BCUT2D eigenvalue weighted by atomic mass is 19.1. The van der Waals surface area contributed by atoms with Crippen molar-refractivity contribution in [2.45, 2.75) is 6.42 Å². The van der Waals surface area contributed by atoms with Gasteiger partial charge in [0.05, 0.1) is 12.2 Å².